The molecule has 4 rings (SSSR count). The summed E-state index contributed by atoms with van der Waals surface area (Å²) in [6.45, 7) is 4.36. The Morgan fingerprint density at radius 1 is 1.18 bits per heavy atom. The number of anilines is 1. The SMILES string of the molecule is CC(Nc1c(C(=O)N2CCOCC2)cnc2ccc(Cl)cc12)c1ccccc1. The highest BCUT2D eigenvalue weighted by atomic mass is 35.5. The van der Waals surface area contributed by atoms with Crippen LogP contribution in [0.1, 0.15) is 28.9 Å². The van der Waals surface area contributed by atoms with Crippen LogP contribution in [0.5, 0.6) is 0 Å². The number of halogens is 1. The molecule has 1 atom stereocenters. The van der Waals surface area contributed by atoms with Crippen LogP contribution >= 0.6 is 11.6 Å². The molecule has 1 saturated heterocycles. The lowest BCUT2D eigenvalue weighted by molar-refractivity contribution is 0.0303. The van der Waals surface area contributed by atoms with E-state index in [-0.39, 0.29) is 11.9 Å². The number of carbonyl (C=O) groups is 1. The van der Waals surface area contributed by atoms with Gasteiger partial charge in [-0.25, -0.2) is 0 Å². The molecule has 1 unspecified atom stereocenters. The van der Waals surface area contributed by atoms with Gasteiger partial charge in [-0.1, -0.05) is 41.9 Å². The first-order valence-electron chi connectivity index (χ1n) is 9.40. The minimum absolute atomic E-state index is 0.0158. The number of carbonyl (C=O) groups excluding carboxylic acids is 1. The number of aromatic nitrogens is 1. The zero-order chi connectivity index (χ0) is 19.5. The van der Waals surface area contributed by atoms with Crippen LogP contribution in [-0.4, -0.2) is 42.1 Å². The van der Waals surface area contributed by atoms with E-state index in [0.29, 0.717) is 36.9 Å². The van der Waals surface area contributed by atoms with Crippen LogP contribution in [0.15, 0.2) is 54.7 Å². The number of nitrogens with one attached hydrogen (secondary N) is 1. The van der Waals surface area contributed by atoms with Crippen molar-refractivity contribution in [3.8, 4) is 0 Å². The predicted molar refractivity (Wildman–Crippen MR) is 112 cm³/mol. The maximum Gasteiger partial charge on any atom is 0.257 e. The molecule has 1 N–H and O–H groups in total. The van der Waals surface area contributed by atoms with Gasteiger partial charge in [0.25, 0.3) is 5.91 Å². The molecule has 1 amide bonds. The number of amides is 1. The number of benzene rings is 2. The zero-order valence-corrected chi connectivity index (χ0v) is 16.4. The molecule has 144 valence electrons. The van der Waals surface area contributed by atoms with E-state index in [0.717, 1.165) is 22.2 Å². The number of hydrogen-bond acceptors (Lipinski definition) is 4. The molecule has 0 radical (unpaired) electrons. The lowest BCUT2D eigenvalue weighted by Crippen LogP contribution is -2.41. The summed E-state index contributed by atoms with van der Waals surface area (Å²) in [6, 6.07) is 15.7. The van der Waals surface area contributed by atoms with E-state index in [1.807, 2.05) is 41.3 Å². The van der Waals surface area contributed by atoms with Crippen molar-refractivity contribution in [1.82, 2.24) is 9.88 Å². The second-order valence-corrected chi connectivity index (χ2v) is 7.33. The van der Waals surface area contributed by atoms with E-state index in [1.165, 1.54) is 0 Å². The summed E-state index contributed by atoms with van der Waals surface area (Å²) in [5, 5.41) is 4.99. The van der Waals surface area contributed by atoms with Crippen LogP contribution in [0.25, 0.3) is 10.9 Å². The van der Waals surface area contributed by atoms with Crippen molar-refractivity contribution >= 4 is 34.1 Å². The van der Waals surface area contributed by atoms with Crippen LogP contribution in [0, 0.1) is 0 Å². The monoisotopic (exact) mass is 395 g/mol. The highest BCUT2D eigenvalue weighted by Gasteiger charge is 2.24. The largest absolute Gasteiger partial charge is 0.378 e. The molecule has 0 aliphatic carbocycles. The van der Waals surface area contributed by atoms with Crippen molar-refractivity contribution < 1.29 is 9.53 Å². The molecule has 1 aliphatic heterocycles. The summed E-state index contributed by atoms with van der Waals surface area (Å²) >= 11 is 6.26. The minimum atomic E-state index is -0.0413. The number of ether oxygens (including phenoxy) is 1. The van der Waals surface area contributed by atoms with Crippen molar-refractivity contribution in [3.05, 3.63) is 70.9 Å². The van der Waals surface area contributed by atoms with Gasteiger partial charge in [0.15, 0.2) is 0 Å². The predicted octanol–water partition coefficient (Wildman–Crippen LogP) is 4.53. The number of hydrogen-bond donors (Lipinski definition) is 1. The van der Waals surface area contributed by atoms with Crippen LogP contribution in [0.2, 0.25) is 5.02 Å². The van der Waals surface area contributed by atoms with Gasteiger partial charge < -0.3 is 15.0 Å². The lowest BCUT2D eigenvalue weighted by Gasteiger charge is -2.28. The van der Waals surface area contributed by atoms with Gasteiger partial charge in [-0.3, -0.25) is 9.78 Å². The average Bonchev–Trinajstić information content (AvgIpc) is 2.75. The summed E-state index contributed by atoms with van der Waals surface area (Å²) in [5.41, 5.74) is 3.25. The third-order valence-electron chi connectivity index (χ3n) is 5.02. The fraction of sp³-hybridized carbons (Fsp3) is 0.273. The molecule has 2 aromatic carbocycles. The van der Waals surface area contributed by atoms with Crippen LogP contribution in [0.3, 0.4) is 0 Å². The Balaban J connectivity index is 1.78. The van der Waals surface area contributed by atoms with Gasteiger partial charge >= 0.3 is 0 Å². The normalized spacial score (nSPS) is 15.4. The second kappa shape index (κ2) is 8.17. The number of nitrogens with zero attached hydrogens (tertiary/aromatic N) is 2. The Morgan fingerprint density at radius 3 is 2.68 bits per heavy atom. The summed E-state index contributed by atoms with van der Waals surface area (Å²) < 4.78 is 5.38. The van der Waals surface area contributed by atoms with E-state index in [1.54, 1.807) is 6.20 Å². The molecule has 3 aromatic rings. The van der Waals surface area contributed by atoms with Crippen molar-refractivity contribution in [2.75, 3.05) is 31.6 Å². The minimum Gasteiger partial charge on any atom is -0.378 e. The smallest absolute Gasteiger partial charge is 0.257 e. The van der Waals surface area contributed by atoms with E-state index in [9.17, 15) is 4.79 Å². The van der Waals surface area contributed by atoms with Crippen LogP contribution < -0.4 is 5.32 Å². The van der Waals surface area contributed by atoms with Crippen molar-refractivity contribution in [1.29, 1.82) is 0 Å². The number of rotatable bonds is 4. The summed E-state index contributed by atoms with van der Waals surface area (Å²) in [6.07, 6.45) is 1.66. The number of fused-ring (bicyclic) bond motifs is 1. The Labute approximate surface area is 169 Å². The number of pyridine rings is 1. The molecule has 28 heavy (non-hydrogen) atoms. The fourth-order valence-electron chi connectivity index (χ4n) is 3.46. The van der Waals surface area contributed by atoms with Gasteiger partial charge in [0.2, 0.25) is 0 Å². The van der Waals surface area contributed by atoms with Crippen LogP contribution in [0.4, 0.5) is 5.69 Å². The quantitative estimate of drug-likeness (QED) is 0.705. The van der Waals surface area contributed by atoms with Gasteiger partial charge in [0.05, 0.1) is 30.0 Å². The van der Waals surface area contributed by atoms with Gasteiger partial charge in [0.1, 0.15) is 0 Å². The van der Waals surface area contributed by atoms with Gasteiger partial charge in [-0.05, 0) is 30.7 Å². The topological polar surface area (TPSA) is 54.5 Å². The van der Waals surface area contributed by atoms with Crippen molar-refractivity contribution in [3.63, 3.8) is 0 Å². The average molecular weight is 396 g/mol. The molecule has 0 saturated carbocycles. The van der Waals surface area contributed by atoms with Crippen molar-refractivity contribution in [2.24, 2.45) is 0 Å². The molecule has 5 nitrogen and oxygen atoms in total. The molecule has 2 heterocycles. The first kappa shape index (κ1) is 18.7. The van der Waals surface area contributed by atoms with Crippen molar-refractivity contribution in [2.45, 2.75) is 13.0 Å². The third-order valence-corrected chi connectivity index (χ3v) is 5.25. The summed E-state index contributed by atoms with van der Waals surface area (Å²) in [4.78, 5) is 19.5. The maximum atomic E-state index is 13.2. The van der Waals surface area contributed by atoms with Gasteiger partial charge in [-0.2, -0.15) is 0 Å². The van der Waals surface area contributed by atoms with E-state index in [4.69, 9.17) is 16.3 Å². The Hall–Kier alpha value is -2.63. The highest BCUT2D eigenvalue weighted by molar-refractivity contribution is 6.31. The zero-order valence-electron chi connectivity index (χ0n) is 15.7. The first-order chi connectivity index (χ1) is 13.6. The Kier molecular flexibility index (Phi) is 5.46. The molecule has 1 aromatic heterocycles. The molecular weight excluding hydrogens is 374 g/mol. The van der Waals surface area contributed by atoms with Crippen LogP contribution in [-0.2, 0) is 4.74 Å². The Morgan fingerprint density at radius 2 is 1.93 bits per heavy atom. The van der Waals surface area contributed by atoms with E-state index in [2.05, 4.69) is 29.4 Å². The molecule has 0 spiro atoms. The molecular formula is C22H22ClN3O2. The molecule has 1 fully saturated rings. The highest BCUT2D eigenvalue weighted by Crippen LogP contribution is 2.32. The standard InChI is InChI=1S/C22H22ClN3O2/c1-15(16-5-3-2-4-6-16)25-21-18-13-17(23)7-8-20(18)24-14-19(21)22(27)26-9-11-28-12-10-26/h2-8,13-15H,9-12H2,1H3,(H,24,25). The maximum absolute atomic E-state index is 13.2. The summed E-state index contributed by atoms with van der Waals surface area (Å²) in [7, 11) is 0. The molecule has 1 aliphatic rings. The number of morpholine rings is 1. The molecule has 0 bridgehead atoms. The Bertz CT molecular complexity index is 988. The lowest BCUT2D eigenvalue weighted by atomic mass is 10.0. The van der Waals surface area contributed by atoms with Gasteiger partial charge in [-0.15, -0.1) is 0 Å². The molecule has 6 heteroatoms. The summed E-state index contributed by atoms with van der Waals surface area (Å²) in [5.74, 6) is -0.0413. The first-order valence-corrected chi connectivity index (χ1v) is 9.78. The van der Waals surface area contributed by atoms with E-state index >= 15 is 0 Å². The van der Waals surface area contributed by atoms with Gasteiger partial charge in [0, 0.05) is 35.7 Å². The van der Waals surface area contributed by atoms with E-state index < -0.39 is 0 Å². The second-order valence-electron chi connectivity index (χ2n) is 6.89. The third kappa shape index (κ3) is 3.81. The fourth-order valence-corrected chi connectivity index (χ4v) is 3.63.